The lowest BCUT2D eigenvalue weighted by Crippen LogP contribution is -2.74. The SMILES string of the molecule is CCCC(=O)O[C@@H]1[C@H](OC(C)=O)[C@H]2C(C)(C)CCC[C@]2(C)C2CC[C@@H](C(=O)OC)[C@H]3C(=O)OC(O)[C@]213. The summed E-state index contributed by atoms with van der Waals surface area (Å²) in [5.41, 5.74) is -2.19. The van der Waals surface area contributed by atoms with E-state index in [1.54, 1.807) is 0 Å². The smallest absolute Gasteiger partial charge is 0.313 e. The maximum atomic E-state index is 13.3. The molecule has 9 atom stereocenters. The first-order chi connectivity index (χ1) is 16.9. The fraction of sp³-hybridized carbons (Fsp3) is 0.852. The lowest BCUT2D eigenvalue weighted by atomic mass is 9.37. The van der Waals surface area contributed by atoms with E-state index in [0.717, 1.165) is 19.3 Å². The third kappa shape index (κ3) is 3.75. The summed E-state index contributed by atoms with van der Waals surface area (Å²) in [6.45, 7) is 9.57. The molecule has 1 saturated heterocycles. The Morgan fingerprint density at radius 3 is 2.42 bits per heavy atom. The molecule has 1 spiro atoms. The van der Waals surface area contributed by atoms with Gasteiger partial charge in [0, 0.05) is 19.3 Å². The van der Waals surface area contributed by atoms with Crippen LogP contribution < -0.4 is 0 Å². The van der Waals surface area contributed by atoms with Crippen molar-refractivity contribution in [2.24, 2.45) is 39.9 Å². The van der Waals surface area contributed by atoms with Crippen LogP contribution in [0.5, 0.6) is 0 Å². The van der Waals surface area contributed by atoms with Crippen molar-refractivity contribution < 1.29 is 43.2 Å². The van der Waals surface area contributed by atoms with Crippen molar-refractivity contribution in [3.05, 3.63) is 0 Å². The van der Waals surface area contributed by atoms with E-state index >= 15 is 0 Å². The molecule has 9 nitrogen and oxygen atoms in total. The topological polar surface area (TPSA) is 125 Å². The summed E-state index contributed by atoms with van der Waals surface area (Å²) in [6.07, 6.45) is 0.504. The van der Waals surface area contributed by atoms with Crippen molar-refractivity contribution in [2.45, 2.75) is 98.1 Å². The number of rotatable bonds is 5. The van der Waals surface area contributed by atoms with Crippen molar-refractivity contribution in [1.29, 1.82) is 0 Å². The summed E-state index contributed by atoms with van der Waals surface area (Å²) in [5, 5.41) is 11.5. The zero-order valence-corrected chi connectivity index (χ0v) is 22.2. The van der Waals surface area contributed by atoms with Crippen LogP contribution in [0.3, 0.4) is 0 Å². The Balaban J connectivity index is 1.99. The molecule has 0 aromatic rings. The average molecular weight is 509 g/mol. The summed E-state index contributed by atoms with van der Waals surface area (Å²) in [4.78, 5) is 51.7. The van der Waals surface area contributed by atoms with E-state index in [1.165, 1.54) is 14.0 Å². The molecule has 3 aliphatic carbocycles. The Bertz CT molecular complexity index is 928. The number of hydrogen-bond donors (Lipinski definition) is 1. The van der Waals surface area contributed by atoms with Crippen LogP contribution in [-0.2, 0) is 38.1 Å². The minimum atomic E-state index is -1.62. The van der Waals surface area contributed by atoms with E-state index in [0.29, 0.717) is 19.3 Å². The largest absolute Gasteiger partial charge is 0.469 e. The van der Waals surface area contributed by atoms with Crippen LogP contribution >= 0.6 is 0 Å². The van der Waals surface area contributed by atoms with Gasteiger partial charge in [-0.2, -0.15) is 0 Å². The standard InChI is InChI=1S/C27H40O9/c1-7-9-17(29)35-21-19(34-14(2)28)20-25(3,4)12-8-13-26(20,5)16-11-10-15(22(30)33-6)18-23(31)36-24(32)27(16,18)21/h15-16,18-21,24,32H,7-13H2,1-6H3/t15-,16?,18+,19-,20+,21-,24?,26-,27+/m1/s1. The predicted octanol–water partition coefficient (Wildman–Crippen LogP) is 3.15. The number of aliphatic hydroxyl groups excluding tert-OH is 1. The van der Waals surface area contributed by atoms with Crippen LogP contribution in [0.2, 0.25) is 0 Å². The van der Waals surface area contributed by atoms with Crippen LogP contribution in [0.15, 0.2) is 0 Å². The fourth-order valence-electron chi connectivity index (χ4n) is 8.82. The molecule has 1 N–H and O–H groups in total. The first-order valence-electron chi connectivity index (χ1n) is 13.2. The molecule has 9 heteroatoms. The molecule has 202 valence electrons. The molecule has 1 heterocycles. The molecule has 36 heavy (non-hydrogen) atoms. The van der Waals surface area contributed by atoms with E-state index in [2.05, 4.69) is 20.8 Å². The van der Waals surface area contributed by atoms with Gasteiger partial charge in [0.1, 0.15) is 6.10 Å². The van der Waals surface area contributed by atoms with Crippen LogP contribution in [0.25, 0.3) is 0 Å². The van der Waals surface area contributed by atoms with Crippen LogP contribution in [0.1, 0.15) is 79.6 Å². The number of esters is 4. The number of fused-ring (bicyclic) bond motifs is 2. The number of carbonyl (C=O) groups is 4. The quantitative estimate of drug-likeness (QED) is 0.440. The Morgan fingerprint density at radius 1 is 1.11 bits per heavy atom. The molecule has 4 aliphatic rings. The van der Waals surface area contributed by atoms with Crippen LogP contribution in [0, 0.1) is 39.9 Å². The summed E-state index contributed by atoms with van der Waals surface area (Å²) in [6, 6.07) is 0. The van der Waals surface area contributed by atoms with E-state index < -0.39 is 65.0 Å². The molecule has 0 aromatic carbocycles. The highest BCUT2D eigenvalue weighted by Crippen LogP contribution is 2.72. The van der Waals surface area contributed by atoms with Crippen molar-refractivity contribution in [1.82, 2.24) is 0 Å². The first kappa shape index (κ1) is 26.9. The van der Waals surface area contributed by atoms with Gasteiger partial charge in [0.15, 0.2) is 6.10 Å². The third-order valence-corrected chi connectivity index (χ3v) is 9.74. The van der Waals surface area contributed by atoms with E-state index in [4.69, 9.17) is 18.9 Å². The molecule has 0 bridgehead atoms. The molecule has 0 amide bonds. The molecular weight excluding hydrogens is 468 g/mol. The van der Waals surface area contributed by atoms with Gasteiger partial charge in [0.05, 0.1) is 24.4 Å². The molecule has 1 aliphatic heterocycles. The second-order valence-corrected chi connectivity index (χ2v) is 12.1. The number of methoxy groups -OCH3 is 1. The number of ether oxygens (including phenoxy) is 4. The zero-order valence-electron chi connectivity index (χ0n) is 22.2. The van der Waals surface area contributed by atoms with Gasteiger partial charge < -0.3 is 24.1 Å². The monoisotopic (exact) mass is 508 g/mol. The van der Waals surface area contributed by atoms with Crippen LogP contribution in [-0.4, -0.2) is 54.6 Å². The lowest BCUT2D eigenvalue weighted by molar-refractivity contribution is -0.309. The second kappa shape index (κ2) is 9.30. The molecule has 4 fully saturated rings. The zero-order chi connectivity index (χ0) is 26.6. The molecule has 3 saturated carbocycles. The van der Waals surface area contributed by atoms with Crippen molar-refractivity contribution in [2.75, 3.05) is 7.11 Å². The molecule has 0 radical (unpaired) electrons. The summed E-state index contributed by atoms with van der Waals surface area (Å²) in [7, 11) is 1.26. The molecule has 2 unspecified atom stereocenters. The van der Waals surface area contributed by atoms with E-state index in [-0.39, 0.29) is 23.7 Å². The highest BCUT2D eigenvalue weighted by Gasteiger charge is 2.79. The number of aliphatic hydroxyl groups is 1. The maximum Gasteiger partial charge on any atom is 0.313 e. The summed E-state index contributed by atoms with van der Waals surface area (Å²) >= 11 is 0. The summed E-state index contributed by atoms with van der Waals surface area (Å²) in [5.74, 6) is -4.77. The van der Waals surface area contributed by atoms with Gasteiger partial charge in [-0.05, 0) is 48.9 Å². The second-order valence-electron chi connectivity index (χ2n) is 12.1. The third-order valence-electron chi connectivity index (χ3n) is 9.74. The maximum absolute atomic E-state index is 13.3. The highest BCUT2D eigenvalue weighted by atomic mass is 16.7. The van der Waals surface area contributed by atoms with Gasteiger partial charge in [-0.3, -0.25) is 19.2 Å². The van der Waals surface area contributed by atoms with Gasteiger partial charge in [-0.1, -0.05) is 34.1 Å². The molecule has 0 aromatic heterocycles. The van der Waals surface area contributed by atoms with Gasteiger partial charge in [-0.25, -0.2) is 0 Å². The van der Waals surface area contributed by atoms with Crippen molar-refractivity contribution in [3.8, 4) is 0 Å². The normalized spacial score (nSPS) is 42.8. The van der Waals surface area contributed by atoms with Gasteiger partial charge in [0.25, 0.3) is 0 Å². The minimum Gasteiger partial charge on any atom is -0.469 e. The van der Waals surface area contributed by atoms with Crippen molar-refractivity contribution in [3.63, 3.8) is 0 Å². The number of carbonyl (C=O) groups excluding carboxylic acids is 4. The number of cyclic esters (lactones) is 1. The Kier molecular flexibility index (Phi) is 6.94. The minimum absolute atomic E-state index is 0.130. The highest BCUT2D eigenvalue weighted by molar-refractivity contribution is 5.85. The summed E-state index contributed by atoms with van der Waals surface area (Å²) < 4.78 is 22.6. The first-order valence-corrected chi connectivity index (χ1v) is 13.2. The van der Waals surface area contributed by atoms with Gasteiger partial charge in [0.2, 0.25) is 6.29 Å². The van der Waals surface area contributed by atoms with Gasteiger partial charge in [-0.15, -0.1) is 0 Å². The average Bonchev–Trinajstić information content (AvgIpc) is 3.05. The van der Waals surface area contributed by atoms with Gasteiger partial charge >= 0.3 is 23.9 Å². The van der Waals surface area contributed by atoms with Crippen LogP contribution in [0.4, 0.5) is 0 Å². The predicted molar refractivity (Wildman–Crippen MR) is 126 cm³/mol. The lowest BCUT2D eigenvalue weighted by Gasteiger charge is -2.68. The Morgan fingerprint density at radius 2 is 1.81 bits per heavy atom. The Hall–Kier alpha value is -2.16. The van der Waals surface area contributed by atoms with E-state index in [9.17, 15) is 24.3 Å². The van der Waals surface area contributed by atoms with E-state index in [1.807, 2.05) is 6.92 Å². The Labute approximate surface area is 212 Å². The fourth-order valence-corrected chi connectivity index (χ4v) is 8.82. The van der Waals surface area contributed by atoms with Crippen molar-refractivity contribution >= 4 is 23.9 Å². The molecule has 4 rings (SSSR count). The molecular formula is C27H40O9. The number of hydrogen-bond acceptors (Lipinski definition) is 9.